The van der Waals surface area contributed by atoms with E-state index in [4.69, 9.17) is 4.74 Å². The molecule has 1 heterocycles. The molecule has 1 aromatic heterocycles. The normalized spacial score (nSPS) is 10.4. The summed E-state index contributed by atoms with van der Waals surface area (Å²) in [5.74, 6) is 1.22. The molecule has 0 aliphatic rings. The van der Waals surface area contributed by atoms with Gasteiger partial charge < -0.3 is 4.74 Å². The Labute approximate surface area is 116 Å². The molecule has 0 saturated heterocycles. The van der Waals surface area contributed by atoms with E-state index in [9.17, 15) is 4.79 Å². The van der Waals surface area contributed by atoms with Crippen molar-refractivity contribution < 1.29 is 9.53 Å². The molecule has 98 valence electrons. The Bertz CT molecular complexity index is 764. The van der Waals surface area contributed by atoms with Crippen LogP contribution in [0.3, 0.4) is 0 Å². The van der Waals surface area contributed by atoms with Gasteiger partial charge in [-0.05, 0) is 42.8 Å². The highest BCUT2D eigenvalue weighted by atomic mass is 16.5. The van der Waals surface area contributed by atoms with Crippen molar-refractivity contribution in [1.82, 2.24) is 4.98 Å². The van der Waals surface area contributed by atoms with Crippen LogP contribution in [-0.2, 0) is 0 Å². The second-order valence-electron chi connectivity index (χ2n) is 4.58. The zero-order chi connectivity index (χ0) is 13.9. The number of hydrogen-bond acceptors (Lipinski definition) is 3. The summed E-state index contributed by atoms with van der Waals surface area (Å²) in [5, 5.41) is 1.12. The third-order valence-electron chi connectivity index (χ3n) is 3.14. The second kappa shape index (κ2) is 5.13. The van der Waals surface area contributed by atoms with Gasteiger partial charge in [-0.25, -0.2) is 4.98 Å². The Morgan fingerprint density at radius 3 is 2.55 bits per heavy atom. The van der Waals surface area contributed by atoms with Gasteiger partial charge in [-0.1, -0.05) is 18.2 Å². The standard InChI is InChI=1S/C17H13NO2/c1-12-10-17(18-16-5-3-2-4-15(12)16)20-14-8-6-13(11-19)7-9-14/h2-11H,1H3. The molecule has 3 rings (SSSR count). The van der Waals surface area contributed by atoms with Crippen molar-refractivity contribution in [2.75, 3.05) is 0 Å². The largest absolute Gasteiger partial charge is 0.439 e. The van der Waals surface area contributed by atoms with Crippen molar-refractivity contribution in [3.8, 4) is 11.6 Å². The highest BCUT2D eigenvalue weighted by molar-refractivity contribution is 5.82. The van der Waals surface area contributed by atoms with Crippen LogP contribution in [0.4, 0.5) is 0 Å². The molecule has 3 nitrogen and oxygen atoms in total. The summed E-state index contributed by atoms with van der Waals surface area (Å²) in [6.45, 7) is 2.03. The number of ether oxygens (including phenoxy) is 1. The molecule has 0 N–H and O–H groups in total. The first-order chi connectivity index (χ1) is 9.76. The molecule has 20 heavy (non-hydrogen) atoms. The van der Waals surface area contributed by atoms with Crippen LogP contribution < -0.4 is 4.74 Å². The van der Waals surface area contributed by atoms with Crippen LogP contribution >= 0.6 is 0 Å². The number of carbonyl (C=O) groups is 1. The topological polar surface area (TPSA) is 39.2 Å². The van der Waals surface area contributed by atoms with E-state index >= 15 is 0 Å². The minimum atomic E-state index is 0.556. The highest BCUT2D eigenvalue weighted by Gasteiger charge is 2.04. The van der Waals surface area contributed by atoms with E-state index in [-0.39, 0.29) is 0 Å². The molecule has 0 aliphatic carbocycles. The van der Waals surface area contributed by atoms with Crippen LogP contribution in [0.25, 0.3) is 10.9 Å². The van der Waals surface area contributed by atoms with Gasteiger partial charge in [0.2, 0.25) is 5.88 Å². The maximum atomic E-state index is 10.6. The predicted molar refractivity (Wildman–Crippen MR) is 78.4 cm³/mol. The summed E-state index contributed by atoms with van der Waals surface area (Å²) in [6.07, 6.45) is 0.808. The number of fused-ring (bicyclic) bond motifs is 1. The molecule has 0 bridgehead atoms. The Morgan fingerprint density at radius 1 is 1.05 bits per heavy atom. The number of aldehydes is 1. The van der Waals surface area contributed by atoms with E-state index in [0.717, 1.165) is 22.8 Å². The summed E-state index contributed by atoms with van der Waals surface area (Å²) in [7, 11) is 0. The van der Waals surface area contributed by atoms with Gasteiger partial charge in [0, 0.05) is 17.0 Å². The number of hydrogen-bond donors (Lipinski definition) is 0. The van der Waals surface area contributed by atoms with Crippen molar-refractivity contribution >= 4 is 17.2 Å². The Kier molecular flexibility index (Phi) is 3.17. The van der Waals surface area contributed by atoms with E-state index in [0.29, 0.717) is 17.2 Å². The number of benzene rings is 2. The summed E-state index contributed by atoms with van der Waals surface area (Å²) >= 11 is 0. The Morgan fingerprint density at radius 2 is 1.80 bits per heavy atom. The van der Waals surface area contributed by atoms with Crippen molar-refractivity contribution in [3.05, 3.63) is 65.7 Å². The first kappa shape index (κ1) is 12.4. The first-order valence-electron chi connectivity index (χ1n) is 6.36. The average molecular weight is 263 g/mol. The zero-order valence-electron chi connectivity index (χ0n) is 11.0. The van der Waals surface area contributed by atoms with Crippen LogP contribution in [0.5, 0.6) is 11.6 Å². The van der Waals surface area contributed by atoms with Gasteiger partial charge in [-0.15, -0.1) is 0 Å². The quantitative estimate of drug-likeness (QED) is 0.666. The van der Waals surface area contributed by atoms with E-state index in [1.807, 2.05) is 37.3 Å². The molecule has 0 aliphatic heterocycles. The number of nitrogens with zero attached hydrogens (tertiary/aromatic N) is 1. The predicted octanol–water partition coefficient (Wildman–Crippen LogP) is 4.15. The third-order valence-corrected chi connectivity index (χ3v) is 3.14. The molecule has 0 fully saturated rings. The smallest absolute Gasteiger partial charge is 0.220 e. The molecule has 0 radical (unpaired) electrons. The summed E-state index contributed by atoms with van der Waals surface area (Å²) in [4.78, 5) is 15.1. The third kappa shape index (κ3) is 2.38. The molecule has 2 aromatic carbocycles. The summed E-state index contributed by atoms with van der Waals surface area (Å²) < 4.78 is 5.74. The van der Waals surface area contributed by atoms with Gasteiger partial charge >= 0.3 is 0 Å². The maximum Gasteiger partial charge on any atom is 0.220 e. The number of para-hydroxylation sites is 1. The summed E-state index contributed by atoms with van der Waals surface area (Å²) in [6, 6.07) is 16.8. The van der Waals surface area contributed by atoms with Crippen LogP contribution in [0.2, 0.25) is 0 Å². The first-order valence-corrected chi connectivity index (χ1v) is 6.36. The molecule has 0 unspecified atom stereocenters. The molecule has 3 heteroatoms. The van der Waals surface area contributed by atoms with E-state index in [1.165, 1.54) is 0 Å². The molecule has 0 amide bonds. The monoisotopic (exact) mass is 263 g/mol. The van der Waals surface area contributed by atoms with Crippen molar-refractivity contribution in [1.29, 1.82) is 0 Å². The lowest BCUT2D eigenvalue weighted by Gasteiger charge is -2.08. The van der Waals surface area contributed by atoms with Crippen molar-refractivity contribution in [3.63, 3.8) is 0 Å². The van der Waals surface area contributed by atoms with Gasteiger partial charge in [-0.2, -0.15) is 0 Å². The molecule has 0 spiro atoms. The Balaban J connectivity index is 1.95. The lowest BCUT2D eigenvalue weighted by atomic mass is 10.1. The lowest BCUT2D eigenvalue weighted by Crippen LogP contribution is -1.91. The van der Waals surface area contributed by atoms with Crippen LogP contribution in [0, 0.1) is 6.92 Å². The lowest BCUT2D eigenvalue weighted by molar-refractivity contribution is 0.112. The molecule has 0 atom stereocenters. The number of carbonyl (C=O) groups excluding carboxylic acids is 1. The van der Waals surface area contributed by atoms with E-state index < -0.39 is 0 Å². The molecule has 0 saturated carbocycles. The SMILES string of the molecule is Cc1cc(Oc2ccc(C=O)cc2)nc2ccccc12. The number of aryl methyl sites for hydroxylation is 1. The second-order valence-corrected chi connectivity index (χ2v) is 4.58. The fourth-order valence-corrected chi connectivity index (χ4v) is 2.11. The fourth-order valence-electron chi connectivity index (χ4n) is 2.11. The van der Waals surface area contributed by atoms with Crippen LogP contribution in [0.15, 0.2) is 54.6 Å². The van der Waals surface area contributed by atoms with E-state index in [2.05, 4.69) is 4.98 Å². The van der Waals surface area contributed by atoms with Crippen molar-refractivity contribution in [2.24, 2.45) is 0 Å². The summed E-state index contributed by atoms with van der Waals surface area (Å²) in [5.41, 5.74) is 2.65. The number of aromatic nitrogens is 1. The Hall–Kier alpha value is -2.68. The average Bonchev–Trinajstić information content (AvgIpc) is 2.48. The number of rotatable bonds is 3. The zero-order valence-corrected chi connectivity index (χ0v) is 11.0. The van der Waals surface area contributed by atoms with Gasteiger partial charge in [0.25, 0.3) is 0 Å². The van der Waals surface area contributed by atoms with Crippen LogP contribution in [0.1, 0.15) is 15.9 Å². The maximum absolute atomic E-state index is 10.6. The van der Waals surface area contributed by atoms with Gasteiger partial charge in [-0.3, -0.25) is 4.79 Å². The van der Waals surface area contributed by atoms with Crippen molar-refractivity contribution in [2.45, 2.75) is 6.92 Å². The number of pyridine rings is 1. The fraction of sp³-hybridized carbons (Fsp3) is 0.0588. The molecule has 3 aromatic rings. The minimum Gasteiger partial charge on any atom is -0.439 e. The molecular weight excluding hydrogens is 250 g/mol. The van der Waals surface area contributed by atoms with Gasteiger partial charge in [0.1, 0.15) is 12.0 Å². The van der Waals surface area contributed by atoms with E-state index in [1.54, 1.807) is 24.3 Å². The van der Waals surface area contributed by atoms with Crippen LogP contribution in [-0.4, -0.2) is 11.3 Å². The van der Waals surface area contributed by atoms with Gasteiger partial charge in [0.05, 0.1) is 5.52 Å². The minimum absolute atomic E-state index is 0.556. The highest BCUT2D eigenvalue weighted by Crippen LogP contribution is 2.25. The molecular formula is C17H13NO2. The van der Waals surface area contributed by atoms with Gasteiger partial charge in [0.15, 0.2) is 0 Å².